The molecule has 0 aliphatic carbocycles. The molecule has 0 atom stereocenters. The van der Waals surface area contributed by atoms with E-state index in [1.54, 1.807) is 13.2 Å². The van der Waals surface area contributed by atoms with Gasteiger partial charge in [0, 0.05) is 31.3 Å². The van der Waals surface area contributed by atoms with E-state index in [-0.39, 0.29) is 5.91 Å². The molecule has 0 spiro atoms. The highest BCUT2D eigenvalue weighted by Gasteiger charge is 2.25. The van der Waals surface area contributed by atoms with Gasteiger partial charge in [0.25, 0.3) is 0 Å². The van der Waals surface area contributed by atoms with Gasteiger partial charge < -0.3 is 10.1 Å². The Balaban J connectivity index is 1.75. The topological polar surface area (TPSA) is 75.7 Å². The Morgan fingerprint density at radius 2 is 2.04 bits per heavy atom. The summed E-state index contributed by atoms with van der Waals surface area (Å²) in [7, 11) is -1.50. The predicted molar refractivity (Wildman–Crippen MR) is 90.0 cm³/mol. The largest absolute Gasteiger partial charge is 0.497 e. The first-order valence-corrected chi connectivity index (χ1v) is 9.62. The van der Waals surface area contributed by atoms with Crippen LogP contribution in [0.3, 0.4) is 0 Å². The van der Waals surface area contributed by atoms with Crippen LogP contribution in [0.4, 0.5) is 5.69 Å². The number of nitrogens with zero attached hydrogens (tertiary/aromatic N) is 1. The quantitative estimate of drug-likeness (QED) is 0.860. The van der Waals surface area contributed by atoms with E-state index in [4.69, 9.17) is 4.74 Å². The number of methoxy groups -OCH3 is 1. The molecular weight excluding hydrogens is 316 g/mol. The summed E-state index contributed by atoms with van der Waals surface area (Å²) in [6.07, 6.45) is 4.11. The fraction of sp³-hybridized carbons (Fsp3) is 0.562. The number of amides is 1. The molecule has 2 rings (SSSR count). The summed E-state index contributed by atoms with van der Waals surface area (Å²) in [6.45, 7) is 1.11. The number of ether oxygens (including phenoxy) is 1. The van der Waals surface area contributed by atoms with Crippen molar-refractivity contribution in [2.45, 2.75) is 25.7 Å². The molecule has 6 nitrogen and oxygen atoms in total. The number of rotatable bonds is 6. The summed E-state index contributed by atoms with van der Waals surface area (Å²) in [4.78, 5) is 12.0. The number of carbonyl (C=O) groups is 1. The standard InChI is InChI=1S/C16H24N2O4S/c1-22-15-5-3-4-14(12-15)17-16(19)7-6-13-8-10-18(11-9-13)23(2,20)21/h3-5,12-13H,6-11H2,1-2H3,(H,17,19). The molecule has 0 saturated carbocycles. The molecule has 1 fully saturated rings. The average Bonchev–Trinajstić information content (AvgIpc) is 2.52. The minimum absolute atomic E-state index is 0.0243. The van der Waals surface area contributed by atoms with Crippen molar-refractivity contribution < 1.29 is 17.9 Å². The third kappa shape index (κ3) is 5.51. The second kappa shape index (κ2) is 7.79. The fourth-order valence-electron chi connectivity index (χ4n) is 2.79. The van der Waals surface area contributed by atoms with Crippen LogP contribution in [0.2, 0.25) is 0 Å². The van der Waals surface area contributed by atoms with Gasteiger partial charge in [-0.3, -0.25) is 4.79 Å². The van der Waals surface area contributed by atoms with E-state index >= 15 is 0 Å². The molecule has 1 N–H and O–H groups in total. The SMILES string of the molecule is COc1cccc(NC(=O)CCC2CCN(S(C)(=O)=O)CC2)c1. The summed E-state index contributed by atoms with van der Waals surface area (Å²) in [5.41, 5.74) is 0.723. The number of sulfonamides is 1. The third-order valence-corrected chi connectivity index (χ3v) is 5.48. The van der Waals surface area contributed by atoms with Gasteiger partial charge in [-0.2, -0.15) is 0 Å². The van der Waals surface area contributed by atoms with E-state index in [0.717, 1.165) is 24.9 Å². The van der Waals surface area contributed by atoms with Gasteiger partial charge in [0.05, 0.1) is 13.4 Å². The van der Waals surface area contributed by atoms with Crippen LogP contribution in [0.1, 0.15) is 25.7 Å². The van der Waals surface area contributed by atoms with E-state index in [0.29, 0.717) is 31.2 Å². The molecule has 1 aliphatic rings. The highest BCUT2D eigenvalue weighted by Crippen LogP contribution is 2.24. The van der Waals surface area contributed by atoms with Crippen molar-refractivity contribution >= 4 is 21.6 Å². The molecule has 1 amide bonds. The Morgan fingerprint density at radius 3 is 2.65 bits per heavy atom. The molecule has 1 heterocycles. The Bertz CT molecular complexity index is 637. The van der Waals surface area contributed by atoms with Crippen molar-refractivity contribution in [2.24, 2.45) is 5.92 Å². The zero-order chi connectivity index (χ0) is 16.9. The maximum absolute atomic E-state index is 12.0. The Kier molecular flexibility index (Phi) is 6.01. The van der Waals surface area contributed by atoms with E-state index in [9.17, 15) is 13.2 Å². The van der Waals surface area contributed by atoms with Gasteiger partial charge in [-0.1, -0.05) is 6.07 Å². The van der Waals surface area contributed by atoms with Crippen LogP contribution in [-0.2, 0) is 14.8 Å². The minimum Gasteiger partial charge on any atom is -0.497 e. The zero-order valence-electron chi connectivity index (χ0n) is 13.6. The molecule has 0 bridgehead atoms. The second-order valence-electron chi connectivity index (χ2n) is 5.92. The van der Waals surface area contributed by atoms with E-state index in [1.807, 2.05) is 18.2 Å². The minimum atomic E-state index is -3.09. The lowest BCUT2D eigenvalue weighted by Crippen LogP contribution is -2.37. The second-order valence-corrected chi connectivity index (χ2v) is 7.91. The van der Waals surface area contributed by atoms with Crippen molar-refractivity contribution in [3.05, 3.63) is 24.3 Å². The van der Waals surface area contributed by atoms with Gasteiger partial charge in [0.15, 0.2) is 0 Å². The van der Waals surface area contributed by atoms with Crippen LogP contribution in [0.25, 0.3) is 0 Å². The molecule has 128 valence electrons. The highest BCUT2D eigenvalue weighted by molar-refractivity contribution is 7.88. The molecule has 0 aromatic heterocycles. The molecule has 1 aromatic carbocycles. The fourth-order valence-corrected chi connectivity index (χ4v) is 3.66. The Morgan fingerprint density at radius 1 is 1.35 bits per heavy atom. The summed E-state index contributed by atoms with van der Waals surface area (Å²) in [5, 5.41) is 2.86. The number of hydrogen-bond donors (Lipinski definition) is 1. The van der Waals surface area contributed by atoms with Gasteiger partial charge >= 0.3 is 0 Å². The smallest absolute Gasteiger partial charge is 0.224 e. The van der Waals surface area contributed by atoms with Crippen LogP contribution in [-0.4, -0.2) is 45.1 Å². The van der Waals surface area contributed by atoms with Crippen LogP contribution in [0, 0.1) is 5.92 Å². The number of hydrogen-bond acceptors (Lipinski definition) is 4. The molecule has 1 aromatic rings. The first kappa shape index (κ1) is 17.7. The van der Waals surface area contributed by atoms with Gasteiger partial charge in [0.2, 0.25) is 15.9 Å². The number of nitrogens with one attached hydrogen (secondary N) is 1. The lowest BCUT2D eigenvalue weighted by molar-refractivity contribution is -0.116. The van der Waals surface area contributed by atoms with E-state index in [1.165, 1.54) is 10.6 Å². The van der Waals surface area contributed by atoms with Crippen molar-refractivity contribution in [2.75, 3.05) is 31.8 Å². The van der Waals surface area contributed by atoms with Crippen LogP contribution < -0.4 is 10.1 Å². The molecule has 1 aliphatic heterocycles. The summed E-state index contributed by atoms with van der Waals surface area (Å²) in [6, 6.07) is 7.26. The molecular formula is C16H24N2O4S. The lowest BCUT2D eigenvalue weighted by atomic mass is 9.93. The summed E-state index contributed by atoms with van der Waals surface area (Å²) >= 11 is 0. The Labute approximate surface area is 137 Å². The first-order chi connectivity index (χ1) is 10.9. The van der Waals surface area contributed by atoms with Crippen LogP contribution in [0.15, 0.2) is 24.3 Å². The van der Waals surface area contributed by atoms with Crippen molar-refractivity contribution in [3.8, 4) is 5.75 Å². The molecule has 23 heavy (non-hydrogen) atoms. The average molecular weight is 340 g/mol. The maximum Gasteiger partial charge on any atom is 0.224 e. The van der Waals surface area contributed by atoms with Gasteiger partial charge in [0.1, 0.15) is 5.75 Å². The van der Waals surface area contributed by atoms with Crippen molar-refractivity contribution in [3.63, 3.8) is 0 Å². The van der Waals surface area contributed by atoms with Crippen LogP contribution in [0.5, 0.6) is 5.75 Å². The number of carbonyl (C=O) groups excluding carboxylic acids is 1. The number of benzene rings is 1. The summed E-state index contributed by atoms with van der Waals surface area (Å²) < 4.78 is 29.6. The van der Waals surface area contributed by atoms with Crippen LogP contribution >= 0.6 is 0 Å². The zero-order valence-corrected chi connectivity index (χ0v) is 14.4. The third-order valence-electron chi connectivity index (χ3n) is 4.18. The van der Waals surface area contributed by atoms with Gasteiger partial charge in [-0.25, -0.2) is 12.7 Å². The normalized spacial score (nSPS) is 17.0. The number of piperidine rings is 1. The maximum atomic E-state index is 12.0. The van der Waals surface area contributed by atoms with E-state index < -0.39 is 10.0 Å². The monoisotopic (exact) mass is 340 g/mol. The van der Waals surface area contributed by atoms with E-state index in [2.05, 4.69) is 5.32 Å². The van der Waals surface area contributed by atoms with Gasteiger partial charge in [-0.15, -0.1) is 0 Å². The summed E-state index contributed by atoms with van der Waals surface area (Å²) in [5.74, 6) is 1.09. The first-order valence-electron chi connectivity index (χ1n) is 7.77. The molecule has 0 radical (unpaired) electrons. The highest BCUT2D eigenvalue weighted by atomic mass is 32.2. The van der Waals surface area contributed by atoms with Crippen molar-refractivity contribution in [1.29, 1.82) is 0 Å². The molecule has 0 unspecified atom stereocenters. The van der Waals surface area contributed by atoms with Gasteiger partial charge in [-0.05, 0) is 37.3 Å². The van der Waals surface area contributed by atoms with Crippen molar-refractivity contribution in [1.82, 2.24) is 4.31 Å². The molecule has 7 heteroatoms. The lowest BCUT2D eigenvalue weighted by Gasteiger charge is -2.30. The number of anilines is 1. The molecule has 1 saturated heterocycles. The predicted octanol–water partition coefficient (Wildman–Crippen LogP) is 2.09. The Hall–Kier alpha value is -1.60.